The summed E-state index contributed by atoms with van der Waals surface area (Å²) < 4.78 is 66.7. The maximum atomic E-state index is 13.7. The second kappa shape index (κ2) is 7.25. The van der Waals surface area contributed by atoms with Crippen LogP contribution in [0.25, 0.3) is 0 Å². The zero-order valence-corrected chi connectivity index (χ0v) is 14.2. The molecular weight excluding hydrogens is 339 g/mol. The molecule has 2 aromatic rings. The number of aryl methyl sites for hydroxylation is 2. The molecule has 3 nitrogen and oxygen atoms in total. The molecule has 0 heterocycles. The Kier molecular flexibility index (Phi) is 5.54. The lowest BCUT2D eigenvalue weighted by molar-refractivity contribution is 0.432. The Morgan fingerprint density at radius 1 is 1.04 bits per heavy atom. The van der Waals surface area contributed by atoms with Gasteiger partial charge in [0.1, 0.15) is 4.90 Å². The Morgan fingerprint density at radius 3 is 2.38 bits per heavy atom. The molecule has 0 aliphatic rings. The summed E-state index contributed by atoms with van der Waals surface area (Å²) in [6.45, 7) is 3.79. The van der Waals surface area contributed by atoms with Crippen LogP contribution in [0.2, 0.25) is 0 Å². The van der Waals surface area contributed by atoms with Crippen molar-refractivity contribution in [2.75, 3.05) is 4.72 Å². The van der Waals surface area contributed by atoms with Gasteiger partial charge in [0.15, 0.2) is 17.5 Å². The van der Waals surface area contributed by atoms with Crippen molar-refractivity contribution in [1.82, 2.24) is 0 Å². The Bertz CT molecular complexity index is 851. The van der Waals surface area contributed by atoms with Gasteiger partial charge in [0.2, 0.25) is 0 Å². The molecule has 7 heteroatoms. The highest BCUT2D eigenvalue weighted by molar-refractivity contribution is 7.92. The van der Waals surface area contributed by atoms with Crippen molar-refractivity contribution < 1.29 is 21.6 Å². The molecule has 0 radical (unpaired) electrons. The van der Waals surface area contributed by atoms with Gasteiger partial charge >= 0.3 is 0 Å². The molecule has 1 N–H and O–H groups in total. The zero-order valence-electron chi connectivity index (χ0n) is 13.4. The molecule has 2 rings (SSSR count). The van der Waals surface area contributed by atoms with Crippen LogP contribution in [0.3, 0.4) is 0 Å². The third-order valence-electron chi connectivity index (χ3n) is 3.64. The van der Waals surface area contributed by atoms with E-state index in [1.165, 1.54) is 0 Å². The molecule has 0 saturated heterocycles. The SMILES string of the molecule is CCCCc1ccc(NS(=O)(=O)c2ccc(F)c(F)c2F)c(C)c1. The van der Waals surface area contributed by atoms with Crippen LogP contribution in [0.1, 0.15) is 30.9 Å². The van der Waals surface area contributed by atoms with E-state index in [0.717, 1.165) is 24.8 Å². The average Bonchev–Trinajstić information content (AvgIpc) is 2.52. The topological polar surface area (TPSA) is 46.2 Å². The summed E-state index contributed by atoms with van der Waals surface area (Å²) in [4.78, 5) is -0.934. The van der Waals surface area contributed by atoms with Gasteiger partial charge < -0.3 is 0 Å². The van der Waals surface area contributed by atoms with Crippen molar-refractivity contribution in [3.05, 3.63) is 58.9 Å². The summed E-state index contributed by atoms with van der Waals surface area (Å²) in [5.74, 6) is -4.99. The third-order valence-corrected chi connectivity index (χ3v) is 5.03. The fraction of sp³-hybridized carbons (Fsp3) is 0.294. The molecule has 0 spiro atoms. The molecular formula is C17H18F3NO2S. The van der Waals surface area contributed by atoms with Crippen LogP contribution >= 0.6 is 0 Å². The highest BCUT2D eigenvalue weighted by atomic mass is 32.2. The summed E-state index contributed by atoms with van der Waals surface area (Å²) in [5, 5.41) is 0. The molecule has 24 heavy (non-hydrogen) atoms. The normalized spacial score (nSPS) is 11.5. The van der Waals surface area contributed by atoms with Crippen LogP contribution in [0.5, 0.6) is 0 Å². The predicted octanol–water partition coefficient (Wildman–Crippen LogP) is 4.56. The quantitative estimate of drug-likeness (QED) is 0.771. The summed E-state index contributed by atoms with van der Waals surface area (Å²) in [5.41, 5.74) is 1.99. The number of rotatable bonds is 6. The van der Waals surface area contributed by atoms with Gasteiger partial charge in [-0.05, 0) is 49.1 Å². The van der Waals surface area contributed by atoms with Gasteiger partial charge in [0.25, 0.3) is 10.0 Å². The van der Waals surface area contributed by atoms with E-state index in [1.54, 1.807) is 19.1 Å². The largest absolute Gasteiger partial charge is 0.279 e. The average molecular weight is 357 g/mol. The van der Waals surface area contributed by atoms with E-state index in [9.17, 15) is 21.6 Å². The van der Waals surface area contributed by atoms with E-state index in [-0.39, 0.29) is 5.69 Å². The number of nitrogens with one attached hydrogen (secondary N) is 1. The van der Waals surface area contributed by atoms with E-state index in [0.29, 0.717) is 17.7 Å². The van der Waals surface area contributed by atoms with Gasteiger partial charge in [-0.15, -0.1) is 0 Å². The van der Waals surface area contributed by atoms with Crippen molar-refractivity contribution in [2.45, 2.75) is 38.0 Å². The van der Waals surface area contributed by atoms with E-state index < -0.39 is 32.4 Å². The lowest BCUT2D eigenvalue weighted by Crippen LogP contribution is -2.16. The molecule has 0 aliphatic carbocycles. The summed E-state index contributed by atoms with van der Waals surface area (Å²) in [6.07, 6.45) is 2.94. The van der Waals surface area contributed by atoms with Crippen LogP contribution in [-0.4, -0.2) is 8.42 Å². The number of hydrogen-bond acceptors (Lipinski definition) is 2. The van der Waals surface area contributed by atoms with E-state index in [4.69, 9.17) is 0 Å². The Morgan fingerprint density at radius 2 is 1.75 bits per heavy atom. The van der Waals surface area contributed by atoms with E-state index in [1.807, 2.05) is 6.07 Å². The highest BCUT2D eigenvalue weighted by Gasteiger charge is 2.24. The fourth-order valence-electron chi connectivity index (χ4n) is 2.29. The first-order valence-corrected chi connectivity index (χ1v) is 9.00. The maximum absolute atomic E-state index is 13.7. The number of anilines is 1. The van der Waals surface area contributed by atoms with Gasteiger partial charge in [-0.2, -0.15) is 0 Å². The molecule has 0 unspecified atom stereocenters. The van der Waals surface area contributed by atoms with Crippen LogP contribution in [0.4, 0.5) is 18.9 Å². The summed E-state index contributed by atoms with van der Waals surface area (Å²) >= 11 is 0. The zero-order chi connectivity index (χ0) is 17.9. The van der Waals surface area contributed by atoms with Crippen LogP contribution in [-0.2, 0) is 16.4 Å². The molecule has 0 aliphatic heterocycles. The first-order chi connectivity index (χ1) is 11.3. The van der Waals surface area contributed by atoms with Crippen molar-refractivity contribution in [3.8, 4) is 0 Å². The van der Waals surface area contributed by atoms with Crippen molar-refractivity contribution >= 4 is 15.7 Å². The Hall–Kier alpha value is -2.02. The lowest BCUT2D eigenvalue weighted by Gasteiger charge is -2.13. The van der Waals surface area contributed by atoms with Crippen molar-refractivity contribution in [3.63, 3.8) is 0 Å². The van der Waals surface area contributed by atoms with Gasteiger partial charge in [-0.3, -0.25) is 4.72 Å². The highest BCUT2D eigenvalue weighted by Crippen LogP contribution is 2.25. The first kappa shape index (κ1) is 18.3. The van der Waals surface area contributed by atoms with E-state index in [2.05, 4.69) is 11.6 Å². The number of unbranched alkanes of at least 4 members (excludes halogenated alkanes) is 1. The summed E-state index contributed by atoms with van der Waals surface area (Å²) in [7, 11) is -4.37. The minimum absolute atomic E-state index is 0.263. The van der Waals surface area contributed by atoms with Crippen LogP contribution in [0, 0.1) is 24.4 Å². The number of hydrogen-bond donors (Lipinski definition) is 1. The number of benzene rings is 2. The molecule has 0 atom stereocenters. The van der Waals surface area contributed by atoms with Crippen molar-refractivity contribution in [2.24, 2.45) is 0 Å². The van der Waals surface area contributed by atoms with Gasteiger partial charge in [0.05, 0.1) is 5.69 Å². The molecule has 0 fully saturated rings. The van der Waals surface area contributed by atoms with Crippen LogP contribution in [0.15, 0.2) is 35.2 Å². The molecule has 130 valence electrons. The van der Waals surface area contributed by atoms with Gasteiger partial charge in [-0.25, -0.2) is 21.6 Å². The van der Waals surface area contributed by atoms with Crippen LogP contribution < -0.4 is 4.72 Å². The van der Waals surface area contributed by atoms with Gasteiger partial charge in [-0.1, -0.05) is 25.5 Å². The first-order valence-electron chi connectivity index (χ1n) is 7.52. The number of halogens is 3. The van der Waals surface area contributed by atoms with E-state index >= 15 is 0 Å². The smallest absolute Gasteiger partial charge is 0.264 e. The molecule has 0 bridgehead atoms. The minimum atomic E-state index is -4.37. The summed E-state index contributed by atoms with van der Waals surface area (Å²) in [6, 6.07) is 6.47. The Balaban J connectivity index is 2.31. The molecule has 0 saturated carbocycles. The monoisotopic (exact) mass is 357 g/mol. The second-order valence-corrected chi connectivity index (χ2v) is 7.18. The second-order valence-electron chi connectivity index (χ2n) is 5.53. The lowest BCUT2D eigenvalue weighted by atomic mass is 10.1. The van der Waals surface area contributed by atoms with Crippen molar-refractivity contribution in [1.29, 1.82) is 0 Å². The molecule has 0 amide bonds. The fourth-order valence-corrected chi connectivity index (χ4v) is 3.49. The Labute approximate surface area is 139 Å². The molecule has 0 aromatic heterocycles. The molecule has 2 aromatic carbocycles. The predicted molar refractivity (Wildman–Crippen MR) is 86.9 cm³/mol. The van der Waals surface area contributed by atoms with Gasteiger partial charge in [0, 0.05) is 0 Å². The maximum Gasteiger partial charge on any atom is 0.264 e. The number of sulfonamides is 1. The minimum Gasteiger partial charge on any atom is -0.279 e. The standard InChI is InChI=1S/C17H18F3NO2S/c1-3-4-5-12-6-8-14(11(2)10-12)21-24(22,23)15-9-7-13(18)16(19)17(15)20/h6-10,21H,3-5H2,1-2H3. The third kappa shape index (κ3) is 3.90.